The van der Waals surface area contributed by atoms with Gasteiger partial charge in [-0.1, -0.05) is 0 Å². The van der Waals surface area contributed by atoms with Crippen molar-refractivity contribution in [1.29, 1.82) is 0 Å². The first-order valence-electron chi connectivity index (χ1n) is 5.21. The van der Waals surface area contributed by atoms with Gasteiger partial charge in [0.25, 0.3) is 5.69 Å². The van der Waals surface area contributed by atoms with Crippen molar-refractivity contribution in [3.8, 4) is 0 Å². The molecule has 0 aliphatic carbocycles. The first-order valence-corrected chi connectivity index (χ1v) is 5.21. The number of aliphatic hydroxyl groups excluding tert-OH is 1. The number of pyridine rings is 1. The third kappa shape index (κ3) is 3.86. The maximum absolute atomic E-state index is 11.0. The molecule has 9 nitrogen and oxygen atoms in total. The summed E-state index contributed by atoms with van der Waals surface area (Å²) in [4.78, 5) is 24.4. The number of rotatable bonds is 6. The summed E-state index contributed by atoms with van der Waals surface area (Å²) in [6, 6.07) is 0.866. The Labute approximate surface area is 107 Å². The number of nitrogens with one attached hydrogen (secondary N) is 1. The Balaban J connectivity index is 3.01. The zero-order chi connectivity index (χ0) is 14.6. The van der Waals surface area contributed by atoms with Crippen molar-refractivity contribution in [3.05, 3.63) is 27.9 Å². The largest absolute Gasteiger partial charge is 0.478 e. The topological polar surface area (TPSA) is 146 Å². The van der Waals surface area contributed by atoms with E-state index in [2.05, 4.69) is 10.3 Å². The van der Waals surface area contributed by atoms with E-state index in [1.807, 2.05) is 0 Å². The number of nitrogens with zero attached hydrogens (tertiary/aromatic N) is 2. The molecular weight excluding hydrogens is 258 g/mol. The summed E-state index contributed by atoms with van der Waals surface area (Å²) in [5.41, 5.74) is -2.29. The maximum Gasteiger partial charge on any atom is 0.339 e. The molecule has 1 atom stereocenters. The van der Waals surface area contributed by atoms with Gasteiger partial charge in [-0.3, -0.25) is 10.1 Å². The van der Waals surface area contributed by atoms with Gasteiger partial charge in [0.1, 0.15) is 23.2 Å². The number of carboxylic acid groups (broad SMARTS) is 1. The summed E-state index contributed by atoms with van der Waals surface area (Å²) in [6.07, 6.45) is 0.905. The van der Waals surface area contributed by atoms with Crippen LogP contribution in [0.25, 0.3) is 0 Å². The normalized spacial score (nSPS) is 13.6. The number of aromatic carboxylic acids is 1. The van der Waals surface area contributed by atoms with Gasteiger partial charge in [0, 0.05) is 12.6 Å². The summed E-state index contributed by atoms with van der Waals surface area (Å²) in [7, 11) is 0. The van der Waals surface area contributed by atoms with E-state index in [0.717, 1.165) is 12.3 Å². The Morgan fingerprint density at radius 2 is 2.26 bits per heavy atom. The van der Waals surface area contributed by atoms with Crippen molar-refractivity contribution in [3.63, 3.8) is 0 Å². The lowest BCUT2D eigenvalue weighted by Crippen LogP contribution is -2.37. The van der Waals surface area contributed by atoms with Crippen molar-refractivity contribution in [2.24, 2.45) is 0 Å². The first-order chi connectivity index (χ1) is 8.76. The molecule has 0 saturated heterocycles. The number of aromatic nitrogens is 1. The molecular formula is C10H13N3O6. The van der Waals surface area contributed by atoms with Crippen molar-refractivity contribution in [2.75, 3.05) is 18.5 Å². The van der Waals surface area contributed by atoms with Crippen molar-refractivity contribution >= 4 is 17.5 Å². The Morgan fingerprint density at radius 3 is 2.74 bits per heavy atom. The van der Waals surface area contributed by atoms with Crippen LogP contribution in [0, 0.1) is 10.1 Å². The molecule has 0 aliphatic rings. The SMILES string of the molecule is CC(O)(CO)CNc1ncc([N+](=O)[O-])cc1C(=O)O. The van der Waals surface area contributed by atoms with Crippen LogP contribution in [-0.2, 0) is 0 Å². The molecule has 0 amide bonds. The van der Waals surface area contributed by atoms with Gasteiger partial charge >= 0.3 is 5.97 Å². The molecule has 0 fully saturated rings. The van der Waals surface area contributed by atoms with Crippen LogP contribution < -0.4 is 5.32 Å². The molecule has 0 spiro atoms. The Hall–Kier alpha value is -2.26. The minimum Gasteiger partial charge on any atom is -0.478 e. The molecule has 1 rings (SSSR count). The predicted molar refractivity (Wildman–Crippen MR) is 64.1 cm³/mol. The molecule has 104 valence electrons. The molecule has 0 saturated carbocycles. The number of nitro groups is 1. The number of aliphatic hydroxyl groups is 2. The molecule has 0 aromatic carbocycles. The smallest absolute Gasteiger partial charge is 0.339 e. The van der Waals surface area contributed by atoms with Gasteiger partial charge in [0.2, 0.25) is 0 Å². The third-order valence-corrected chi connectivity index (χ3v) is 2.29. The van der Waals surface area contributed by atoms with Crippen LogP contribution >= 0.6 is 0 Å². The highest BCUT2D eigenvalue weighted by Crippen LogP contribution is 2.19. The lowest BCUT2D eigenvalue weighted by atomic mass is 10.1. The minimum atomic E-state index is -1.46. The van der Waals surface area contributed by atoms with Gasteiger partial charge in [-0.15, -0.1) is 0 Å². The monoisotopic (exact) mass is 271 g/mol. The maximum atomic E-state index is 11.0. The van der Waals surface area contributed by atoms with Crippen LogP contribution in [0.3, 0.4) is 0 Å². The first kappa shape index (κ1) is 14.8. The van der Waals surface area contributed by atoms with Crippen LogP contribution in [0.4, 0.5) is 11.5 Å². The summed E-state index contributed by atoms with van der Waals surface area (Å²) in [5.74, 6) is -1.51. The molecule has 0 bridgehead atoms. The fourth-order valence-corrected chi connectivity index (χ4v) is 1.19. The molecule has 0 radical (unpaired) electrons. The number of hydrogen-bond donors (Lipinski definition) is 4. The molecule has 4 N–H and O–H groups in total. The number of anilines is 1. The standard InChI is InChI=1S/C10H13N3O6/c1-10(17,5-14)4-12-8-7(9(15)16)2-6(3-11-8)13(18)19/h2-3,14,17H,4-5H2,1H3,(H,11,12)(H,15,16). The average Bonchev–Trinajstić information content (AvgIpc) is 2.36. The van der Waals surface area contributed by atoms with Crippen LogP contribution in [-0.4, -0.2) is 49.9 Å². The number of carboxylic acids is 1. The van der Waals surface area contributed by atoms with Crippen molar-refractivity contribution < 1.29 is 25.0 Å². The van der Waals surface area contributed by atoms with Gasteiger partial charge in [0.05, 0.1) is 11.5 Å². The number of carbonyl (C=O) groups is 1. The van der Waals surface area contributed by atoms with Gasteiger partial charge in [-0.25, -0.2) is 9.78 Å². The van der Waals surface area contributed by atoms with Crippen molar-refractivity contribution in [2.45, 2.75) is 12.5 Å². The fourth-order valence-electron chi connectivity index (χ4n) is 1.19. The zero-order valence-electron chi connectivity index (χ0n) is 10.0. The molecule has 1 aromatic heterocycles. The molecule has 0 aliphatic heterocycles. The van der Waals surface area contributed by atoms with Gasteiger partial charge in [0.15, 0.2) is 0 Å². The molecule has 1 unspecified atom stereocenters. The van der Waals surface area contributed by atoms with Gasteiger partial charge in [-0.05, 0) is 6.92 Å². The summed E-state index contributed by atoms with van der Waals surface area (Å²) in [6.45, 7) is 0.649. The van der Waals surface area contributed by atoms with Crippen LogP contribution in [0.2, 0.25) is 0 Å². The van der Waals surface area contributed by atoms with Crippen LogP contribution in [0.5, 0.6) is 0 Å². The highest BCUT2D eigenvalue weighted by molar-refractivity contribution is 5.93. The third-order valence-electron chi connectivity index (χ3n) is 2.29. The molecule has 1 aromatic rings. The second kappa shape index (κ2) is 5.59. The quantitative estimate of drug-likeness (QED) is 0.412. The van der Waals surface area contributed by atoms with E-state index < -0.39 is 28.8 Å². The Bertz CT molecular complexity index is 502. The fraction of sp³-hybridized carbons (Fsp3) is 0.400. The van der Waals surface area contributed by atoms with Gasteiger partial charge < -0.3 is 20.6 Å². The Kier molecular flexibility index (Phi) is 4.35. The van der Waals surface area contributed by atoms with E-state index in [1.54, 1.807) is 0 Å². The molecule has 1 heterocycles. The van der Waals surface area contributed by atoms with E-state index in [9.17, 15) is 20.0 Å². The van der Waals surface area contributed by atoms with Crippen LogP contribution in [0.1, 0.15) is 17.3 Å². The van der Waals surface area contributed by atoms with Crippen molar-refractivity contribution in [1.82, 2.24) is 4.98 Å². The van der Waals surface area contributed by atoms with E-state index in [4.69, 9.17) is 10.2 Å². The second-order valence-corrected chi connectivity index (χ2v) is 4.16. The highest BCUT2D eigenvalue weighted by atomic mass is 16.6. The predicted octanol–water partition coefficient (Wildman–Crippen LogP) is -0.157. The Morgan fingerprint density at radius 1 is 1.63 bits per heavy atom. The highest BCUT2D eigenvalue weighted by Gasteiger charge is 2.22. The van der Waals surface area contributed by atoms with E-state index in [1.165, 1.54) is 6.92 Å². The summed E-state index contributed by atoms with van der Waals surface area (Å²) < 4.78 is 0. The molecule has 9 heteroatoms. The van der Waals surface area contributed by atoms with E-state index in [-0.39, 0.29) is 17.9 Å². The minimum absolute atomic E-state index is 0.119. The zero-order valence-corrected chi connectivity index (χ0v) is 10.0. The second-order valence-electron chi connectivity index (χ2n) is 4.16. The van der Waals surface area contributed by atoms with Crippen LogP contribution in [0.15, 0.2) is 12.3 Å². The van der Waals surface area contributed by atoms with E-state index >= 15 is 0 Å². The number of hydrogen-bond acceptors (Lipinski definition) is 7. The average molecular weight is 271 g/mol. The van der Waals surface area contributed by atoms with Gasteiger partial charge in [-0.2, -0.15) is 0 Å². The molecule has 19 heavy (non-hydrogen) atoms. The summed E-state index contributed by atoms with van der Waals surface area (Å²) in [5, 5.41) is 40.4. The lowest BCUT2D eigenvalue weighted by Gasteiger charge is -2.21. The van der Waals surface area contributed by atoms with E-state index in [0.29, 0.717) is 0 Å². The summed E-state index contributed by atoms with van der Waals surface area (Å²) >= 11 is 0. The lowest BCUT2D eigenvalue weighted by molar-refractivity contribution is -0.385.